The molecule has 3 heterocycles. The molecule has 6 heteroatoms. The van der Waals surface area contributed by atoms with Crippen molar-refractivity contribution in [3.63, 3.8) is 0 Å². The van der Waals surface area contributed by atoms with Gasteiger partial charge in [0.15, 0.2) is 11.5 Å². The molecule has 5 nitrogen and oxygen atoms in total. The highest BCUT2D eigenvalue weighted by Gasteiger charge is 2.18. The fraction of sp³-hybridized carbons (Fsp3) is 0.238. The van der Waals surface area contributed by atoms with Crippen molar-refractivity contribution in [3.8, 4) is 11.5 Å². The van der Waals surface area contributed by atoms with Crippen LogP contribution in [0.1, 0.15) is 16.1 Å². The number of pyridine rings is 1. The van der Waals surface area contributed by atoms with E-state index in [4.69, 9.17) is 9.47 Å². The lowest BCUT2D eigenvalue weighted by atomic mass is 10.1. The van der Waals surface area contributed by atoms with Gasteiger partial charge in [0.1, 0.15) is 0 Å². The fourth-order valence-electron chi connectivity index (χ4n) is 3.02. The van der Waals surface area contributed by atoms with E-state index in [0.717, 1.165) is 34.1 Å². The third-order valence-corrected chi connectivity index (χ3v) is 5.31. The maximum absolute atomic E-state index is 12.9. The van der Waals surface area contributed by atoms with E-state index in [9.17, 15) is 4.79 Å². The van der Waals surface area contributed by atoms with Gasteiger partial charge in [-0.15, -0.1) is 11.3 Å². The minimum atomic E-state index is 0.117. The number of hydrogen-bond acceptors (Lipinski definition) is 5. The average Bonchev–Trinajstić information content (AvgIpc) is 3.37. The summed E-state index contributed by atoms with van der Waals surface area (Å²) in [5.41, 5.74) is 2.01. The zero-order valence-electron chi connectivity index (χ0n) is 14.8. The zero-order chi connectivity index (χ0) is 18.5. The predicted molar refractivity (Wildman–Crippen MR) is 104 cm³/mol. The second-order valence-corrected chi connectivity index (χ2v) is 7.36. The number of nitrogens with zero attached hydrogens (tertiary/aromatic N) is 2. The predicted octanol–water partition coefficient (Wildman–Crippen LogP) is 3.69. The summed E-state index contributed by atoms with van der Waals surface area (Å²) >= 11 is 1.61. The van der Waals surface area contributed by atoms with Crippen molar-refractivity contribution in [1.29, 1.82) is 0 Å². The molecule has 2 aromatic heterocycles. The molecule has 0 radical (unpaired) electrons. The van der Waals surface area contributed by atoms with Crippen LogP contribution >= 0.6 is 11.3 Å². The van der Waals surface area contributed by atoms with Crippen LogP contribution in [0.25, 0.3) is 0 Å². The molecule has 3 aromatic rings. The fourth-order valence-corrected chi connectivity index (χ4v) is 3.72. The van der Waals surface area contributed by atoms with Crippen molar-refractivity contribution < 1.29 is 14.3 Å². The van der Waals surface area contributed by atoms with Crippen LogP contribution in [0.5, 0.6) is 11.5 Å². The highest BCUT2D eigenvalue weighted by atomic mass is 32.1. The number of ether oxygens (including phenoxy) is 2. The van der Waals surface area contributed by atoms with Crippen molar-refractivity contribution in [1.82, 2.24) is 9.88 Å². The molecule has 0 atom stereocenters. The number of benzene rings is 1. The van der Waals surface area contributed by atoms with E-state index in [-0.39, 0.29) is 12.7 Å². The lowest BCUT2D eigenvalue weighted by Gasteiger charge is -2.23. The SMILES string of the molecule is O=C(Cc1cccs1)N(CCc1ccccn1)Cc1ccc2c(c1)OCO2. The molecule has 0 aliphatic carbocycles. The molecule has 0 saturated heterocycles. The van der Waals surface area contributed by atoms with Crippen molar-refractivity contribution >= 4 is 17.2 Å². The van der Waals surface area contributed by atoms with E-state index in [1.807, 2.05) is 58.8 Å². The molecule has 0 unspecified atom stereocenters. The van der Waals surface area contributed by atoms with Gasteiger partial charge in [0.2, 0.25) is 12.7 Å². The summed E-state index contributed by atoms with van der Waals surface area (Å²) in [7, 11) is 0. The van der Waals surface area contributed by atoms with E-state index < -0.39 is 0 Å². The standard InChI is InChI=1S/C21H20N2O3S/c24-21(13-18-5-3-11-27-18)23(10-8-17-4-1-2-9-22-17)14-16-6-7-19-20(12-16)26-15-25-19/h1-7,9,11-12H,8,10,13-15H2. The third kappa shape index (κ3) is 4.46. The van der Waals surface area contributed by atoms with Crippen molar-refractivity contribution in [2.45, 2.75) is 19.4 Å². The van der Waals surface area contributed by atoms with Crippen LogP contribution < -0.4 is 9.47 Å². The Bertz CT molecular complexity index is 897. The van der Waals surface area contributed by atoms with Gasteiger partial charge in [-0.3, -0.25) is 9.78 Å². The van der Waals surface area contributed by atoms with E-state index in [1.54, 1.807) is 17.5 Å². The summed E-state index contributed by atoms with van der Waals surface area (Å²) in [6, 6.07) is 15.7. The highest BCUT2D eigenvalue weighted by molar-refractivity contribution is 7.10. The van der Waals surface area contributed by atoms with E-state index in [0.29, 0.717) is 19.5 Å². The number of rotatable bonds is 7. The molecular weight excluding hydrogens is 360 g/mol. The van der Waals surface area contributed by atoms with Gasteiger partial charge in [-0.25, -0.2) is 0 Å². The first-order valence-electron chi connectivity index (χ1n) is 8.86. The molecule has 0 fully saturated rings. The zero-order valence-corrected chi connectivity index (χ0v) is 15.7. The smallest absolute Gasteiger partial charge is 0.231 e. The topological polar surface area (TPSA) is 51.7 Å². The van der Waals surface area contributed by atoms with E-state index in [1.165, 1.54) is 0 Å². The first-order valence-corrected chi connectivity index (χ1v) is 9.74. The van der Waals surface area contributed by atoms with Gasteiger partial charge in [0.25, 0.3) is 0 Å². The molecular formula is C21H20N2O3S. The molecule has 27 heavy (non-hydrogen) atoms. The van der Waals surface area contributed by atoms with Crippen LogP contribution in [-0.2, 0) is 24.2 Å². The lowest BCUT2D eigenvalue weighted by Crippen LogP contribution is -2.33. The van der Waals surface area contributed by atoms with Crippen LogP contribution in [0.3, 0.4) is 0 Å². The number of fused-ring (bicyclic) bond motifs is 1. The van der Waals surface area contributed by atoms with E-state index >= 15 is 0 Å². The van der Waals surface area contributed by atoms with Gasteiger partial charge in [0, 0.05) is 36.3 Å². The van der Waals surface area contributed by atoms with Crippen LogP contribution in [0.4, 0.5) is 0 Å². The minimum Gasteiger partial charge on any atom is -0.454 e. The lowest BCUT2D eigenvalue weighted by molar-refractivity contribution is -0.131. The third-order valence-electron chi connectivity index (χ3n) is 4.43. The second kappa shape index (κ2) is 8.22. The maximum atomic E-state index is 12.9. The number of aromatic nitrogens is 1. The van der Waals surface area contributed by atoms with E-state index in [2.05, 4.69) is 4.98 Å². The van der Waals surface area contributed by atoms with Crippen molar-refractivity contribution in [3.05, 3.63) is 76.2 Å². The first kappa shape index (κ1) is 17.5. The Morgan fingerprint density at radius 3 is 2.85 bits per heavy atom. The van der Waals surface area contributed by atoms with Gasteiger partial charge in [-0.2, -0.15) is 0 Å². The van der Waals surface area contributed by atoms with Gasteiger partial charge in [-0.05, 0) is 41.3 Å². The highest BCUT2D eigenvalue weighted by Crippen LogP contribution is 2.32. The number of thiophene rings is 1. The molecule has 0 N–H and O–H groups in total. The number of amides is 1. The Labute approximate surface area is 162 Å². The van der Waals surface area contributed by atoms with Crippen LogP contribution in [-0.4, -0.2) is 29.1 Å². The van der Waals surface area contributed by atoms with Gasteiger partial charge in [-0.1, -0.05) is 18.2 Å². The molecule has 0 bridgehead atoms. The van der Waals surface area contributed by atoms with Crippen LogP contribution in [0, 0.1) is 0 Å². The maximum Gasteiger partial charge on any atom is 0.231 e. The Hall–Kier alpha value is -2.86. The molecule has 1 aliphatic heterocycles. The Morgan fingerprint density at radius 2 is 2.04 bits per heavy atom. The molecule has 4 rings (SSSR count). The Morgan fingerprint density at radius 1 is 1.11 bits per heavy atom. The molecule has 138 valence electrons. The summed E-state index contributed by atoms with van der Waals surface area (Å²) < 4.78 is 10.8. The first-order chi connectivity index (χ1) is 13.3. The Balaban J connectivity index is 1.48. The summed E-state index contributed by atoms with van der Waals surface area (Å²) in [5, 5.41) is 2.00. The Kier molecular flexibility index (Phi) is 5.34. The molecule has 0 saturated carbocycles. The summed E-state index contributed by atoms with van der Waals surface area (Å²) in [6.07, 6.45) is 2.93. The van der Waals surface area contributed by atoms with Gasteiger partial charge >= 0.3 is 0 Å². The molecule has 1 aliphatic rings. The van der Waals surface area contributed by atoms with Crippen LogP contribution in [0.15, 0.2) is 60.1 Å². The number of carbonyl (C=O) groups is 1. The monoisotopic (exact) mass is 380 g/mol. The molecule has 1 amide bonds. The summed E-state index contributed by atoms with van der Waals surface area (Å²) in [6.45, 7) is 1.41. The summed E-state index contributed by atoms with van der Waals surface area (Å²) in [4.78, 5) is 20.3. The van der Waals surface area contributed by atoms with Crippen molar-refractivity contribution in [2.75, 3.05) is 13.3 Å². The normalized spacial score (nSPS) is 12.1. The average molecular weight is 380 g/mol. The summed E-state index contributed by atoms with van der Waals surface area (Å²) in [5.74, 6) is 1.61. The number of hydrogen-bond donors (Lipinski definition) is 0. The van der Waals surface area contributed by atoms with Crippen LogP contribution in [0.2, 0.25) is 0 Å². The second-order valence-electron chi connectivity index (χ2n) is 6.33. The number of carbonyl (C=O) groups excluding carboxylic acids is 1. The minimum absolute atomic E-state index is 0.117. The van der Waals surface area contributed by atoms with Crippen molar-refractivity contribution in [2.24, 2.45) is 0 Å². The molecule has 1 aromatic carbocycles. The van der Waals surface area contributed by atoms with Gasteiger partial charge < -0.3 is 14.4 Å². The molecule has 0 spiro atoms. The largest absolute Gasteiger partial charge is 0.454 e. The van der Waals surface area contributed by atoms with Gasteiger partial charge in [0.05, 0.1) is 6.42 Å². The quantitative estimate of drug-likeness (QED) is 0.627.